The average Bonchev–Trinajstić information content (AvgIpc) is 2.18. The summed E-state index contributed by atoms with van der Waals surface area (Å²) in [5.41, 5.74) is -0.0916. The zero-order chi connectivity index (χ0) is 11.0. The van der Waals surface area contributed by atoms with Gasteiger partial charge in [0.25, 0.3) is 5.91 Å². The smallest absolute Gasteiger partial charge is 0.265 e. The summed E-state index contributed by atoms with van der Waals surface area (Å²) in [4.78, 5) is 11.3. The Morgan fingerprint density at radius 3 is 2.87 bits per heavy atom. The van der Waals surface area contributed by atoms with Crippen molar-refractivity contribution < 1.29 is 18.3 Å². The molecule has 1 N–H and O–H groups in total. The van der Waals surface area contributed by atoms with Crippen LogP contribution in [-0.2, 0) is 4.79 Å². The molecule has 0 aromatic heterocycles. The number of hydrogen-bond acceptors (Lipinski definition) is 2. The summed E-state index contributed by atoms with van der Waals surface area (Å²) in [5, 5.41) is 2.35. The van der Waals surface area contributed by atoms with Crippen LogP contribution in [0, 0.1) is 11.6 Å². The average molecular weight is 213 g/mol. The fraction of sp³-hybridized carbons (Fsp3) is 0.300. The number of carbonyl (C=O) groups is 1. The third kappa shape index (κ3) is 1.65. The van der Waals surface area contributed by atoms with E-state index in [0.29, 0.717) is 12.5 Å². The molecule has 5 heteroatoms. The number of rotatable bonds is 1. The highest BCUT2D eigenvalue weighted by molar-refractivity contribution is 5.97. The summed E-state index contributed by atoms with van der Waals surface area (Å²) in [5.74, 6) is -1.92. The van der Waals surface area contributed by atoms with Crippen LogP contribution in [0.25, 0.3) is 0 Å². The number of fused-ring (bicyclic) bond motifs is 1. The molecule has 1 atom stereocenters. The topological polar surface area (TPSA) is 38.3 Å². The number of halogens is 2. The van der Waals surface area contributed by atoms with Gasteiger partial charge in [0, 0.05) is 12.1 Å². The molecule has 0 radical (unpaired) electrons. The monoisotopic (exact) mass is 213 g/mol. The Morgan fingerprint density at radius 1 is 1.47 bits per heavy atom. The molecule has 1 heterocycles. The van der Waals surface area contributed by atoms with Crippen LogP contribution in [0.15, 0.2) is 12.1 Å². The molecule has 0 aliphatic carbocycles. The summed E-state index contributed by atoms with van der Waals surface area (Å²) in [6, 6.07) is 1.76. The van der Waals surface area contributed by atoms with E-state index in [1.807, 2.05) is 0 Å². The van der Waals surface area contributed by atoms with Crippen molar-refractivity contribution in [1.29, 1.82) is 0 Å². The van der Waals surface area contributed by atoms with E-state index in [1.165, 1.54) is 0 Å². The number of anilines is 1. The summed E-state index contributed by atoms with van der Waals surface area (Å²) in [6.45, 7) is 1.75. The summed E-state index contributed by atoms with van der Waals surface area (Å²) >= 11 is 0. The van der Waals surface area contributed by atoms with Crippen LogP contribution in [0.5, 0.6) is 5.75 Å². The molecule has 0 bridgehead atoms. The molecule has 0 spiro atoms. The van der Waals surface area contributed by atoms with E-state index in [2.05, 4.69) is 5.32 Å². The molecule has 1 aromatic rings. The number of amides is 1. The van der Waals surface area contributed by atoms with Gasteiger partial charge in [-0.25, -0.2) is 8.78 Å². The van der Waals surface area contributed by atoms with Crippen LogP contribution < -0.4 is 10.1 Å². The first-order valence-electron chi connectivity index (χ1n) is 4.58. The zero-order valence-electron chi connectivity index (χ0n) is 8.01. The van der Waals surface area contributed by atoms with Crippen LogP contribution in [0.1, 0.15) is 13.3 Å². The van der Waals surface area contributed by atoms with Gasteiger partial charge in [-0.1, -0.05) is 6.92 Å². The molecule has 1 aliphatic heterocycles. The minimum absolute atomic E-state index is 0.0407. The molecule has 0 fully saturated rings. The third-order valence-electron chi connectivity index (χ3n) is 2.20. The highest BCUT2D eigenvalue weighted by Gasteiger charge is 2.28. The summed E-state index contributed by atoms with van der Waals surface area (Å²) < 4.78 is 31.2. The minimum Gasteiger partial charge on any atom is -0.478 e. The molecule has 15 heavy (non-hydrogen) atoms. The minimum atomic E-state index is -0.826. The standard InChI is InChI=1S/C10H9F2NO2/c1-2-7-10(14)13-9-6(12)3-5(11)4-8(9)15-7/h3-4,7H,2H2,1H3,(H,13,14). The van der Waals surface area contributed by atoms with Gasteiger partial charge in [-0.15, -0.1) is 0 Å². The number of nitrogens with one attached hydrogen (secondary N) is 1. The lowest BCUT2D eigenvalue weighted by Crippen LogP contribution is -2.36. The van der Waals surface area contributed by atoms with E-state index < -0.39 is 23.6 Å². The predicted molar refractivity (Wildman–Crippen MR) is 49.7 cm³/mol. The quantitative estimate of drug-likeness (QED) is 0.775. The van der Waals surface area contributed by atoms with Crippen molar-refractivity contribution in [3.8, 4) is 5.75 Å². The van der Waals surface area contributed by atoms with E-state index >= 15 is 0 Å². The second-order valence-corrected chi connectivity index (χ2v) is 3.26. The Hall–Kier alpha value is -1.65. The second kappa shape index (κ2) is 3.49. The van der Waals surface area contributed by atoms with Gasteiger partial charge in [0.1, 0.15) is 17.3 Å². The first-order chi connectivity index (χ1) is 7.11. The molecule has 1 aliphatic rings. The highest BCUT2D eigenvalue weighted by atomic mass is 19.1. The molecule has 0 saturated carbocycles. The lowest BCUT2D eigenvalue weighted by Gasteiger charge is -2.25. The van der Waals surface area contributed by atoms with Gasteiger partial charge < -0.3 is 10.1 Å². The van der Waals surface area contributed by atoms with Crippen LogP contribution in [0.4, 0.5) is 14.5 Å². The van der Waals surface area contributed by atoms with Gasteiger partial charge in [0.05, 0.1) is 0 Å². The van der Waals surface area contributed by atoms with Crippen LogP contribution in [0.2, 0.25) is 0 Å². The Bertz CT molecular complexity index is 420. The summed E-state index contributed by atoms with van der Waals surface area (Å²) in [6.07, 6.45) is -0.234. The van der Waals surface area contributed by atoms with Crippen molar-refractivity contribution in [2.45, 2.75) is 19.4 Å². The van der Waals surface area contributed by atoms with E-state index in [4.69, 9.17) is 4.74 Å². The second-order valence-electron chi connectivity index (χ2n) is 3.26. The van der Waals surface area contributed by atoms with E-state index in [0.717, 1.165) is 6.07 Å². The van der Waals surface area contributed by atoms with Gasteiger partial charge in [-0.2, -0.15) is 0 Å². The van der Waals surface area contributed by atoms with Gasteiger partial charge in [0.2, 0.25) is 0 Å². The van der Waals surface area contributed by atoms with Crippen molar-refractivity contribution in [3.63, 3.8) is 0 Å². The predicted octanol–water partition coefficient (Wildman–Crippen LogP) is 2.07. The molecule has 0 saturated heterocycles. The molecule has 80 valence electrons. The first kappa shape index (κ1) is 9.89. The lowest BCUT2D eigenvalue weighted by atomic mass is 10.2. The molecule has 3 nitrogen and oxygen atoms in total. The number of ether oxygens (including phenoxy) is 1. The zero-order valence-corrected chi connectivity index (χ0v) is 8.01. The molecule has 1 aromatic carbocycles. The van der Waals surface area contributed by atoms with E-state index in [-0.39, 0.29) is 11.4 Å². The van der Waals surface area contributed by atoms with Crippen molar-refractivity contribution >= 4 is 11.6 Å². The van der Waals surface area contributed by atoms with Gasteiger partial charge in [-0.3, -0.25) is 4.79 Å². The fourth-order valence-corrected chi connectivity index (χ4v) is 1.44. The lowest BCUT2D eigenvalue weighted by molar-refractivity contribution is -0.123. The summed E-state index contributed by atoms with van der Waals surface area (Å²) in [7, 11) is 0. The van der Waals surface area contributed by atoms with Crippen molar-refractivity contribution in [1.82, 2.24) is 0 Å². The Labute approximate surface area is 85.0 Å². The Balaban J connectivity index is 2.45. The molecular formula is C10H9F2NO2. The Kier molecular flexibility index (Phi) is 2.30. The fourth-order valence-electron chi connectivity index (χ4n) is 1.44. The molecule has 1 unspecified atom stereocenters. The van der Waals surface area contributed by atoms with E-state index in [9.17, 15) is 13.6 Å². The van der Waals surface area contributed by atoms with Crippen LogP contribution >= 0.6 is 0 Å². The van der Waals surface area contributed by atoms with Crippen LogP contribution in [-0.4, -0.2) is 12.0 Å². The van der Waals surface area contributed by atoms with Crippen molar-refractivity contribution in [2.75, 3.05) is 5.32 Å². The largest absolute Gasteiger partial charge is 0.478 e. The molecule has 1 amide bonds. The van der Waals surface area contributed by atoms with Gasteiger partial charge >= 0.3 is 0 Å². The normalized spacial score (nSPS) is 19.1. The maximum Gasteiger partial charge on any atom is 0.265 e. The molecular weight excluding hydrogens is 204 g/mol. The Morgan fingerprint density at radius 2 is 2.20 bits per heavy atom. The van der Waals surface area contributed by atoms with Crippen molar-refractivity contribution in [3.05, 3.63) is 23.8 Å². The van der Waals surface area contributed by atoms with Gasteiger partial charge in [-0.05, 0) is 6.42 Å². The van der Waals surface area contributed by atoms with E-state index in [1.54, 1.807) is 6.92 Å². The maximum absolute atomic E-state index is 13.2. The number of benzene rings is 1. The number of hydrogen-bond donors (Lipinski definition) is 1. The first-order valence-corrected chi connectivity index (χ1v) is 4.58. The van der Waals surface area contributed by atoms with Crippen LogP contribution in [0.3, 0.4) is 0 Å². The molecule has 2 rings (SSSR count). The maximum atomic E-state index is 13.2. The third-order valence-corrected chi connectivity index (χ3v) is 2.20. The SMILES string of the molecule is CCC1Oc2cc(F)cc(F)c2NC1=O. The number of carbonyl (C=O) groups excluding carboxylic acids is 1. The van der Waals surface area contributed by atoms with Crippen molar-refractivity contribution in [2.24, 2.45) is 0 Å². The van der Waals surface area contributed by atoms with Gasteiger partial charge in [0.15, 0.2) is 11.9 Å². The highest BCUT2D eigenvalue weighted by Crippen LogP contribution is 2.33.